The standard InChI is InChI=1S/C19H14BN3/c21-13-15-9-7-14(8-10-15)11-12-20-22-17-5-1-3-16-4-2-6-18(23-20)19(16)17/h1-12,22-23H/b12-11-. The third-order valence-electron chi connectivity index (χ3n) is 4.05. The van der Waals surface area contributed by atoms with E-state index in [1.807, 2.05) is 24.3 Å². The minimum Gasteiger partial charge on any atom is -0.405 e. The van der Waals surface area contributed by atoms with Crippen molar-refractivity contribution in [3.63, 3.8) is 0 Å². The van der Waals surface area contributed by atoms with Gasteiger partial charge in [-0.3, -0.25) is 0 Å². The summed E-state index contributed by atoms with van der Waals surface area (Å²) in [6, 6.07) is 22.3. The smallest absolute Gasteiger partial charge is 0.398 e. The molecule has 0 amide bonds. The zero-order valence-electron chi connectivity index (χ0n) is 12.5. The second-order valence-electron chi connectivity index (χ2n) is 5.57. The largest absolute Gasteiger partial charge is 0.405 e. The van der Waals surface area contributed by atoms with Crippen LogP contribution in [0.3, 0.4) is 0 Å². The molecule has 1 heterocycles. The fourth-order valence-electron chi connectivity index (χ4n) is 2.93. The van der Waals surface area contributed by atoms with Crippen LogP contribution in [0.4, 0.5) is 11.4 Å². The normalized spacial score (nSPS) is 12.7. The minimum atomic E-state index is 0.0335. The highest BCUT2D eigenvalue weighted by Crippen LogP contribution is 2.33. The summed E-state index contributed by atoms with van der Waals surface area (Å²) >= 11 is 0. The van der Waals surface area contributed by atoms with E-state index in [4.69, 9.17) is 5.26 Å². The fourth-order valence-corrected chi connectivity index (χ4v) is 2.93. The Morgan fingerprint density at radius 2 is 1.52 bits per heavy atom. The van der Waals surface area contributed by atoms with Crippen LogP contribution in [0.1, 0.15) is 11.1 Å². The van der Waals surface area contributed by atoms with Crippen LogP contribution < -0.4 is 10.5 Å². The van der Waals surface area contributed by atoms with Gasteiger partial charge in [0.15, 0.2) is 0 Å². The van der Waals surface area contributed by atoms with Gasteiger partial charge in [0.2, 0.25) is 0 Å². The van der Waals surface area contributed by atoms with Gasteiger partial charge in [0.1, 0.15) is 0 Å². The first-order valence-corrected chi connectivity index (χ1v) is 7.57. The first-order valence-electron chi connectivity index (χ1n) is 7.57. The second kappa shape index (κ2) is 5.55. The molecule has 3 nitrogen and oxygen atoms in total. The van der Waals surface area contributed by atoms with Crippen LogP contribution in [0.25, 0.3) is 16.8 Å². The van der Waals surface area contributed by atoms with Crippen molar-refractivity contribution in [1.29, 1.82) is 5.26 Å². The Hall–Kier alpha value is -3.19. The lowest BCUT2D eigenvalue weighted by molar-refractivity contribution is 1.48. The summed E-state index contributed by atoms with van der Waals surface area (Å²) in [5.74, 6) is 2.09. The zero-order chi connectivity index (χ0) is 15.6. The van der Waals surface area contributed by atoms with Gasteiger partial charge in [0, 0.05) is 16.8 Å². The minimum absolute atomic E-state index is 0.0335. The van der Waals surface area contributed by atoms with E-state index >= 15 is 0 Å². The highest BCUT2D eigenvalue weighted by atomic mass is 15.0. The van der Waals surface area contributed by atoms with Crippen LogP contribution >= 0.6 is 0 Å². The molecular weight excluding hydrogens is 281 g/mol. The van der Waals surface area contributed by atoms with E-state index in [-0.39, 0.29) is 6.98 Å². The SMILES string of the molecule is N#Cc1ccc(/C=C\B2Nc3cccc4cccc(c34)N2)cc1. The molecule has 0 bridgehead atoms. The summed E-state index contributed by atoms with van der Waals surface area (Å²) in [5, 5.41) is 18.3. The van der Waals surface area contributed by atoms with E-state index in [1.54, 1.807) is 0 Å². The van der Waals surface area contributed by atoms with Crippen LogP contribution in [0, 0.1) is 11.3 Å². The molecule has 3 aromatic rings. The van der Waals surface area contributed by atoms with Crippen molar-refractivity contribution < 1.29 is 0 Å². The van der Waals surface area contributed by atoms with Crippen molar-refractivity contribution >= 4 is 35.2 Å². The molecule has 0 saturated heterocycles. The van der Waals surface area contributed by atoms with Crippen LogP contribution in [0.15, 0.2) is 66.6 Å². The van der Waals surface area contributed by atoms with E-state index in [2.05, 4.69) is 65.0 Å². The maximum atomic E-state index is 8.84. The topological polar surface area (TPSA) is 47.9 Å². The maximum Gasteiger partial charge on any atom is 0.398 e. The molecule has 3 aromatic carbocycles. The number of hydrogen-bond acceptors (Lipinski definition) is 3. The third kappa shape index (κ3) is 2.53. The molecular formula is C19H14BN3. The molecule has 0 fully saturated rings. The van der Waals surface area contributed by atoms with Gasteiger partial charge in [-0.05, 0) is 35.2 Å². The van der Waals surface area contributed by atoms with E-state index in [9.17, 15) is 0 Å². The van der Waals surface area contributed by atoms with E-state index < -0.39 is 0 Å². The van der Waals surface area contributed by atoms with E-state index in [0.717, 1.165) is 16.9 Å². The van der Waals surface area contributed by atoms with Gasteiger partial charge < -0.3 is 10.5 Å². The zero-order valence-corrected chi connectivity index (χ0v) is 12.5. The average Bonchev–Trinajstić information content (AvgIpc) is 2.61. The van der Waals surface area contributed by atoms with Gasteiger partial charge in [0.05, 0.1) is 11.6 Å². The van der Waals surface area contributed by atoms with Crippen molar-refractivity contribution in [1.82, 2.24) is 0 Å². The summed E-state index contributed by atoms with van der Waals surface area (Å²) in [7, 11) is 0. The Labute approximate surface area is 135 Å². The van der Waals surface area contributed by atoms with E-state index in [0.29, 0.717) is 5.56 Å². The molecule has 0 atom stereocenters. The van der Waals surface area contributed by atoms with Gasteiger partial charge in [-0.25, -0.2) is 0 Å². The van der Waals surface area contributed by atoms with Crippen LogP contribution in [0.2, 0.25) is 0 Å². The molecule has 1 aliphatic heterocycles. The first kappa shape index (κ1) is 13.5. The molecule has 0 spiro atoms. The Morgan fingerprint density at radius 1 is 0.870 bits per heavy atom. The van der Waals surface area contributed by atoms with Crippen LogP contribution in [-0.4, -0.2) is 6.98 Å². The highest BCUT2D eigenvalue weighted by molar-refractivity contribution is 6.73. The number of anilines is 2. The van der Waals surface area contributed by atoms with Gasteiger partial charge in [-0.15, -0.1) is 0 Å². The van der Waals surface area contributed by atoms with Crippen molar-refractivity contribution in [2.45, 2.75) is 0 Å². The molecule has 1 aliphatic rings. The van der Waals surface area contributed by atoms with Gasteiger partial charge in [-0.1, -0.05) is 48.4 Å². The average molecular weight is 295 g/mol. The van der Waals surface area contributed by atoms with Gasteiger partial charge in [0.25, 0.3) is 0 Å². The predicted octanol–water partition coefficient (Wildman–Crippen LogP) is 4.29. The molecule has 0 aromatic heterocycles. The molecule has 2 N–H and O–H groups in total. The summed E-state index contributed by atoms with van der Waals surface area (Å²) < 4.78 is 0. The van der Waals surface area contributed by atoms with Gasteiger partial charge in [-0.2, -0.15) is 5.26 Å². The van der Waals surface area contributed by atoms with Crippen molar-refractivity contribution in [2.75, 3.05) is 10.5 Å². The van der Waals surface area contributed by atoms with Gasteiger partial charge >= 0.3 is 6.98 Å². The number of nitrogens with one attached hydrogen (secondary N) is 2. The lowest BCUT2D eigenvalue weighted by Gasteiger charge is -2.24. The summed E-state index contributed by atoms with van der Waals surface area (Å²) in [6.07, 6.45) is 2.06. The van der Waals surface area contributed by atoms with Crippen LogP contribution in [0.5, 0.6) is 0 Å². The fraction of sp³-hybridized carbons (Fsp3) is 0. The van der Waals surface area contributed by atoms with Crippen molar-refractivity contribution in [3.05, 3.63) is 77.8 Å². The Bertz CT molecular complexity index is 898. The molecule has 0 aliphatic carbocycles. The molecule has 0 saturated carbocycles. The predicted molar refractivity (Wildman–Crippen MR) is 97.1 cm³/mol. The molecule has 4 rings (SSSR count). The second-order valence-corrected chi connectivity index (χ2v) is 5.57. The lowest BCUT2D eigenvalue weighted by Crippen LogP contribution is -2.35. The van der Waals surface area contributed by atoms with Crippen molar-refractivity contribution in [3.8, 4) is 6.07 Å². The monoisotopic (exact) mass is 295 g/mol. The first-order chi connectivity index (χ1) is 11.3. The maximum absolute atomic E-state index is 8.84. The summed E-state index contributed by atoms with van der Waals surface area (Å²) in [6.45, 7) is 0.0335. The number of benzene rings is 3. The van der Waals surface area contributed by atoms with Crippen molar-refractivity contribution in [2.24, 2.45) is 0 Å². The number of nitriles is 1. The number of nitrogens with zero attached hydrogens (tertiary/aromatic N) is 1. The molecule has 4 heteroatoms. The Morgan fingerprint density at radius 3 is 2.13 bits per heavy atom. The van der Waals surface area contributed by atoms with E-state index in [1.165, 1.54) is 10.8 Å². The third-order valence-corrected chi connectivity index (χ3v) is 4.05. The highest BCUT2D eigenvalue weighted by Gasteiger charge is 2.20. The van der Waals surface area contributed by atoms with Crippen LogP contribution in [-0.2, 0) is 0 Å². The molecule has 0 radical (unpaired) electrons. The summed E-state index contributed by atoms with van der Waals surface area (Å²) in [4.78, 5) is 0. The molecule has 23 heavy (non-hydrogen) atoms. The molecule has 108 valence electrons. The quantitative estimate of drug-likeness (QED) is 0.693. The summed E-state index contributed by atoms with van der Waals surface area (Å²) in [5.41, 5.74) is 4.04. The molecule has 0 unspecified atom stereocenters. The number of hydrogen-bond donors (Lipinski definition) is 2. The lowest BCUT2D eigenvalue weighted by atomic mass is 9.73. The Balaban J connectivity index is 1.60. The Kier molecular flexibility index (Phi) is 3.25. The number of rotatable bonds is 2.